The van der Waals surface area contributed by atoms with Crippen LogP contribution in [-0.2, 0) is 10.0 Å². The molecule has 0 bridgehead atoms. The first-order valence-corrected chi connectivity index (χ1v) is 8.91. The van der Waals surface area contributed by atoms with Crippen LogP contribution in [0.25, 0.3) is 0 Å². The predicted octanol–water partition coefficient (Wildman–Crippen LogP) is 0.591. The van der Waals surface area contributed by atoms with E-state index in [1.165, 1.54) is 18.9 Å². The molecule has 0 aromatic heterocycles. The first-order chi connectivity index (χ1) is 9.95. The summed E-state index contributed by atoms with van der Waals surface area (Å²) < 4.78 is 23.6. The highest BCUT2D eigenvalue weighted by atomic mass is 32.2. The summed E-state index contributed by atoms with van der Waals surface area (Å²) in [5.41, 5.74) is 6.79. The Hall–Kier alpha value is -1.31. The molecule has 3 rings (SSSR count). The zero-order valence-corrected chi connectivity index (χ0v) is 12.8. The Kier molecular flexibility index (Phi) is 3.81. The van der Waals surface area contributed by atoms with Crippen molar-refractivity contribution in [3.8, 4) is 0 Å². The van der Waals surface area contributed by atoms with Gasteiger partial charge in [-0.3, -0.25) is 4.90 Å². The van der Waals surface area contributed by atoms with Crippen molar-refractivity contribution in [2.45, 2.75) is 30.2 Å². The van der Waals surface area contributed by atoms with Gasteiger partial charge >= 0.3 is 0 Å². The molecule has 1 unspecified atom stereocenters. The van der Waals surface area contributed by atoms with Crippen LogP contribution in [0.4, 0.5) is 11.4 Å². The monoisotopic (exact) mass is 310 g/mol. The van der Waals surface area contributed by atoms with Crippen molar-refractivity contribution in [2.24, 2.45) is 5.14 Å². The SMILES string of the molecule is Nc1ccc(N2CCC(N3CCCC3)C2)c(S(N)(=O)=O)c1. The second kappa shape index (κ2) is 5.47. The summed E-state index contributed by atoms with van der Waals surface area (Å²) in [5.74, 6) is 0. The lowest BCUT2D eigenvalue weighted by atomic mass is 10.2. The van der Waals surface area contributed by atoms with E-state index in [4.69, 9.17) is 10.9 Å². The molecule has 2 aliphatic rings. The lowest BCUT2D eigenvalue weighted by Gasteiger charge is -2.25. The second-order valence-corrected chi connectivity index (χ2v) is 7.43. The van der Waals surface area contributed by atoms with Crippen LogP contribution in [-0.4, -0.2) is 45.5 Å². The summed E-state index contributed by atoms with van der Waals surface area (Å²) in [6.45, 7) is 4.02. The molecule has 4 N–H and O–H groups in total. The van der Waals surface area contributed by atoms with E-state index in [0.29, 0.717) is 17.4 Å². The molecule has 6 nitrogen and oxygen atoms in total. The average molecular weight is 310 g/mol. The minimum absolute atomic E-state index is 0.129. The van der Waals surface area contributed by atoms with E-state index in [-0.39, 0.29) is 4.90 Å². The molecule has 2 heterocycles. The summed E-state index contributed by atoms with van der Waals surface area (Å²) >= 11 is 0. The van der Waals surface area contributed by atoms with Crippen LogP contribution in [0.15, 0.2) is 23.1 Å². The normalized spacial score (nSPS) is 23.9. The van der Waals surface area contributed by atoms with Gasteiger partial charge in [0, 0.05) is 24.8 Å². The molecule has 0 saturated carbocycles. The number of nitrogen functional groups attached to an aromatic ring is 1. The van der Waals surface area contributed by atoms with Crippen molar-refractivity contribution in [2.75, 3.05) is 36.8 Å². The van der Waals surface area contributed by atoms with Gasteiger partial charge < -0.3 is 10.6 Å². The van der Waals surface area contributed by atoms with Crippen LogP contribution >= 0.6 is 0 Å². The Morgan fingerprint density at radius 3 is 2.52 bits per heavy atom. The average Bonchev–Trinajstić information content (AvgIpc) is 3.08. The molecule has 2 saturated heterocycles. The number of nitrogens with two attached hydrogens (primary N) is 2. The van der Waals surface area contributed by atoms with Gasteiger partial charge in [-0.25, -0.2) is 13.6 Å². The Balaban J connectivity index is 1.85. The maximum absolute atomic E-state index is 11.8. The molecular formula is C14H22N4O2S. The molecular weight excluding hydrogens is 288 g/mol. The smallest absolute Gasteiger partial charge is 0.240 e. The molecule has 1 aromatic carbocycles. The van der Waals surface area contributed by atoms with Crippen LogP contribution < -0.4 is 15.8 Å². The Bertz CT molecular complexity index is 626. The maximum atomic E-state index is 11.8. The molecule has 1 aromatic rings. The van der Waals surface area contributed by atoms with E-state index in [9.17, 15) is 8.42 Å². The number of likely N-dealkylation sites (tertiary alicyclic amines) is 1. The third-order valence-corrected chi connectivity index (χ3v) is 5.39. The van der Waals surface area contributed by atoms with Crippen molar-refractivity contribution >= 4 is 21.4 Å². The number of hydrogen-bond donors (Lipinski definition) is 2. The van der Waals surface area contributed by atoms with Crippen molar-refractivity contribution in [3.05, 3.63) is 18.2 Å². The topological polar surface area (TPSA) is 92.7 Å². The third kappa shape index (κ3) is 3.00. The molecule has 0 spiro atoms. The van der Waals surface area contributed by atoms with Gasteiger partial charge in [0.15, 0.2) is 0 Å². The summed E-state index contributed by atoms with van der Waals surface area (Å²) in [7, 11) is -3.77. The first-order valence-electron chi connectivity index (χ1n) is 7.36. The largest absolute Gasteiger partial charge is 0.399 e. The fourth-order valence-corrected chi connectivity index (χ4v) is 4.17. The van der Waals surface area contributed by atoms with Crippen LogP contribution in [0.5, 0.6) is 0 Å². The van der Waals surface area contributed by atoms with E-state index >= 15 is 0 Å². The van der Waals surface area contributed by atoms with Crippen molar-refractivity contribution in [1.29, 1.82) is 0 Å². The van der Waals surface area contributed by atoms with Gasteiger partial charge in [0.05, 0.1) is 5.69 Å². The number of anilines is 2. The van der Waals surface area contributed by atoms with Gasteiger partial charge in [0.1, 0.15) is 4.90 Å². The first kappa shape index (κ1) is 14.6. The predicted molar refractivity (Wildman–Crippen MR) is 83.7 cm³/mol. The van der Waals surface area contributed by atoms with Crippen molar-refractivity contribution in [1.82, 2.24) is 4.90 Å². The number of hydrogen-bond acceptors (Lipinski definition) is 5. The van der Waals surface area contributed by atoms with E-state index in [1.807, 2.05) is 0 Å². The number of rotatable bonds is 3. The van der Waals surface area contributed by atoms with Crippen molar-refractivity contribution < 1.29 is 8.42 Å². The van der Waals surface area contributed by atoms with E-state index < -0.39 is 10.0 Å². The van der Waals surface area contributed by atoms with Gasteiger partial charge in [-0.1, -0.05) is 0 Å². The lowest BCUT2D eigenvalue weighted by Crippen LogP contribution is -2.35. The van der Waals surface area contributed by atoms with Gasteiger partial charge in [-0.05, 0) is 50.6 Å². The van der Waals surface area contributed by atoms with Crippen LogP contribution in [0.3, 0.4) is 0 Å². The molecule has 2 fully saturated rings. The van der Waals surface area contributed by atoms with Gasteiger partial charge in [-0.2, -0.15) is 0 Å². The highest BCUT2D eigenvalue weighted by Crippen LogP contribution is 2.31. The van der Waals surface area contributed by atoms with Crippen molar-refractivity contribution in [3.63, 3.8) is 0 Å². The van der Waals surface area contributed by atoms with Gasteiger partial charge in [0.2, 0.25) is 10.0 Å². The minimum Gasteiger partial charge on any atom is -0.399 e. The summed E-state index contributed by atoms with van der Waals surface area (Å²) in [6.07, 6.45) is 3.59. The Morgan fingerprint density at radius 2 is 1.86 bits per heavy atom. The molecule has 7 heteroatoms. The fourth-order valence-electron chi connectivity index (χ4n) is 3.39. The van der Waals surface area contributed by atoms with Crippen LogP contribution in [0, 0.1) is 0 Å². The third-order valence-electron chi connectivity index (χ3n) is 4.45. The number of benzene rings is 1. The summed E-state index contributed by atoms with van der Waals surface area (Å²) in [5, 5.41) is 5.33. The number of sulfonamides is 1. The summed E-state index contributed by atoms with van der Waals surface area (Å²) in [4.78, 5) is 4.75. The zero-order chi connectivity index (χ0) is 15.0. The highest BCUT2D eigenvalue weighted by molar-refractivity contribution is 7.89. The quantitative estimate of drug-likeness (QED) is 0.797. The van der Waals surface area contributed by atoms with E-state index in [0.717, 1.165) is 32.6 Å². The van der Waals surface area contributed by atoms with E-state index in [2.05, 4.69) is 9.80 Å². The minimum atomic E-state index is -3.77. The molecule has 2 aliphatic heterocycles. The van der Waals surface area contributed by atoms with Gasteiger partial charge in [0.25, 0.3) is 0 Å². The maximum Gasteiger partial charge on any atom is 0.240 e. The fraction of sp³-hybridized carbons (Fsp3) is 0.571. The molecule has 21 heavy (non-hydrogen) atoms. The van der Waals surface area contributed by atoms with Crippen LogP contribution in [0.2, 0.25) is 0 Å². The second-order valence-electron chi connectivity index (χ2n) is 5.90. The van der Waals surface area contributed by atoms with E-state index in [1.54, 1.807) is 12.1 Å². The number of nitrogens with zero attached hydrogens (tertiary/aromatic N) is 2. The zero-order valence-electron chi connectivity index (χ0n) is 12.0. The standard InChI is InChI=1S/C14H22N4O2S/c15-11-3-4-13(14(9-11)21(16,19)20)18-8-5-12(10-18)17-6-1-2-7-17/h3-4,9,12H,1-2,5-8,10,15H2,(H2,16,19,20). The molecule has 0 amide bonds. The van der Waals surface area contributed by atoms with Crippen LogP contribution in [0.1, 0.15) is 19.3 Å². The number of primary sulfonamides is 1. The highest BCUT2D eigenvalue weighted by Gasteiger charge is 2.31. The molecule has 0 aliphatic carbocycles. The molecule has 116 valence electrons. The Labute approximate surface area is 125 Å². The Morgan fingerprint density at radius 1 is 1.14 bits per heavy atom. The summed E-state index contributed by atoms with van der Waals surface area (Å²) in [6, 6.07) is 5.46. The molecule has 0 radical (unpaired) electrons. The van der Waals surface area contributed by atoms with Gasteiger partial charge in [-0.15, -0.1) is 0 Å². The lowest BCUT2D eigenvalue weighted by molar-refractivity contribution is 0.260. The molecule has 1 atom stereocenters.